The minimum Gasteiger partial charge on any atom is -0.481 e. The van der Waals surface area contributed by atoms with Gasteiger partial charge in [0.15, 0.2) is 0 Å². The first kappa shape index (κ1) is 14.8. The van der Waals surface area contributed by atoms with Crippen LogP contribution in [0.15, 0.2) is 18.2 Å². The molecule has 1 aromatic carbocycles. The SMILES string of the molecule is CC1(C(=O)O)CCN(c2ccc([N+](=O)[O-])c(C#N)c2)CC1. The summed E-state index contributed by atoms with van der Waals surface area (Å²) in [6.45, 7) is 2.82. The number of carboxylic acids is 1. The van der Waals surface area contributed by atoms with Crippen LogP contribution in [0, 0.1) is 26.9 Å². The number of nitrogens with zero attached hydrogens (tertiary/aromatic N) is 3. The van der Waals surface area contributed by atoms with Gasteiger partial charge in [-0.25, -0.2) is 0 Å². The number of benzene rings is 1. The number of piperidine rings is 1. The number of carboxylic acid groups (broad SMARTS) is 1. The van der Waals surface area contributed by atoms with Crippen molar-refractivity contribution in [3.05, 3.63) is 33.9 Å². The summed E-state index contributed by atoms with van der Waals surface area (Å²) in [6.07, 6.45) is 1.00. The van der Waals surface area contributed by atoms with Crippen LogP contribution in [-0.2, 0) is 4.79 Å². The molecule has 1 N–H and O–H groups in total. The molecular weight excluding hydrogens is 274 g/mol. The maximum atomic E-state index is 11.2. The molecule has 0 bridgehead atoms. The van der Waals surface area contributed by atoms with Crippen LogP contribution in [0.5, 0.6) is 0 Å². The topological polar surface area (TPSA) is 107 Å². The Morgan fingerprint density at radius 3 is 2.57 bits per heavy atom. The zero-order valence-corrected chi connectivity index (χ0v) is 11.6. The van der Waals surface area contributed by atoms with E-state index in [-0.39, 0.29) is 11.3 Å². The molecule has 0 radical (unpaired) electrons. The van der Waals surface area contributed by atoms with Crippen LogP contribution in [0.2, 0.25) is 0 Å². The lowest BCUT2D eigenvalue weighted by molar-refractivity contribution is -0.385. The lowest BCUT2D eigenvalue weighted by Gasteiger charge is -2.37. The monoisotopic (exact) mass is 289 g/mol. The molecule has 1 heterocycles. The second kappa shape index (κ2) is 5.40. The third-order valence-electron chi connectivity index (χ3n) is 4.05. The highest BCUT2D eigenvalue weighted by Crippen LogP contribution is 2.34. The van der Waals surface area contributed by atoms with Gasteiger partial charge in [0, 0.05) is 24.8 Å². The van der Waals surface area contributed by atoms with E-state index in [0.29, 0.717) is 31.6 Å². The van der Waals surface area contributed by atoms with E-state index in [1.807, 2.05) is 11.0 Å². The van der Waals surface area contributed by atoms with Crippen molar-refractivity contribution in [3.8, 4) is 6.07 Å². The van der Waals surface area contributed by atoms with Crippen molar-refractivity contribution in [2.45, 2.75) is 19.8 Å². The number of hydrogen-bond donors (Lipinski definition) is 1. The Morgan fingerprint density at radius 1 is 1.48 bits per heavy atom. The van der Waals surface area contributed by atoms with Crippen molar-refractivity contribution in [1.29, 1.82) is 5.26 Å². The molecule has 0 unspecified atom stereocenters. The number of hydrogen-bond acceptors (Lipinski definition) is 5. The average molecular weight is 289 g/mol. The van der Waals surface area contributed by atoms with E-state index >= 15 is 0 Å². The van der Waals surface area contributed by atoms with Crippen LogP contribution in [0.25, 0.3) is 0 Å². The fourth-order valence-corrected chi connectivity index (χ4v) is 2.44. The number of aliphatic carboxylic acids is 1. The van der Waals surface area contributed by atoms with Crippen molar-refractivity contribution >= 4 is 17.3 Å². The normalized spacial score (nSPS) is 17.0. The summed E-state index contributed by atoms with van der Waals surface area (Å²) in [5.41, 5.74) is -0.211. The third kappa shape index (κ3) is 2.79. The van der Waals surface area contributed by atoms with Gasteiger partial charge in [0.05, 0.1) is 10.3 Å². The molecule has 110 valence electrons. The van der Waals surface area contributed by atoms with Gasteiger partial charge in [0.1, 0.15) is 11.6 Å². The molecule has 21 heavy (non-hydrogen) atoms. The van der Waals surface area contributed by atoms with Gasteiger partial charge in [-0.15, -0.1) is 0 Å². The number of nitro benzene ring substituents is 1. The van der Waals surface area contributed by atoms with Crippen molar-refractivity contribution in [1.82, 2.24) is 0 Å². The maximum Gasteiger partial charge on any atom is 0.309 e. The average Bonchev–Trinajstić information content (AvgIpc) is 2.47. The molecule has 1 fully saturated rings. The van der Waals surface area contributed by atoms with E-state index in [1.165, 1.54) is 12.1 Å². The molecule has 7 heteroatoms. The zero-order valence-electron chi connectivity index (χ0n) is 11.6. The van der Waals surface area contributed by atoms with Gasteiger partial charge in [-0.3, -0.25) is 14.9 Å². The minimum absolute atomic E-state index is 0.0177. The molecule has 0 aliphatic carbocycles. The summed E-state index contributed by atoms with van der Waals surface area (Å²) in [4.78, 5) is 23.4. The van der Waals surface area contributed by atoms with Gasteiger partial charge in [0.25, 0.3) is 5.69 Å². The van der Waals surface area contributed by atoms with Crippen LogP contribution < -0.4 is 4.90 Å². The molecule has 0 spiro atoms. The fraction of sp³-hybridized carbons (Fsp3) is 0.429. The fourth-order valence-electron chi connectivity index (χ4n) is 2.44. The molecule has 1 aromatic rings. The molecule has 7 nitrogen and oxygen atoms in total. The molecule has 0 saturated carbocycles. The highest BCUT2D eigenvalue weighted by Gasteiger charge is 2.37. The quantitative estimate of drug-likeness (QED) is 0.674. The number of carbonyl (C=O) groups is 1. The lowest BCUT2D eigenvalue weighted by atomic mass is 9.80. The van der Waals surface area contributed by atoms with E-state index in [2.05, 4.69) is 0 Å². The van der Waals surface area contributed by atoms with Crippen molar-refractivity contribution < 1.29 is 14.8 Å². The summed E-state index contributed by atoms with van der Waals surface area (Å²) in [7, 11) is 0. The first-order chi connectivity index (χ1) is 9.87. The first-order valence-corrected chi connectivity index (χ1v) is 6.54. The molecule has 2 rings (SSSR count). The maximum absolute atomic E-state index is 11.2. The van der Waals surface area contributed by atoms with Crippen LogP contribution in [-0.4, -0.2) is 29.1 Å². The van der Waals surface area contributed by atoms with Crippen molar-refractivity contribution in [2.24, 2.45) is 5.41 Å². The molecule has 0 atom stereocenters. The Bertz CT molecular complexity index is 628. The van der Waals surface area contributed by atoms with Crippen LogP contribution >= 0.6 is 0 Å². The van der Waals surface area contributed by atoms with Crippen LogP contribution in [0.4, 0.5) is 11.4 Å². The van der Waals surface area contributed by atoms with E-state index in [1.54, 1.807) is 13.0 Å². The summed E-state index contributed by atoms with van der Waals surface area (Å²) in [6, 6.07) is 6.23. The van der Waals surface area contributed by atoms with Gasteiger partial charge in [0.2, 0.25) is 0 Å². The molecular formula is C14H15N3O4. The molecule has 1 aliphatic rings. The standard InChI is InChI=1S/C14H15N3O4/c1-14(13(18)19)4-6-16(7-5-14)11-2-3-12(17(20)21)10(8-11)9-15/h2-3,8H,4-7H2,1H3,(H,18,19). The smallest absolute Gasteiger partial charge is 0.309 e. The summed E-state index contributed by atoms with van der Waals surface area (Å²) >= 11 is 0. The predicted molar refractivity (Wildman–Crippen MR) is 75.0 cm³/mol. The van der Waals surface area contributed by atoms with Crippen LogP contribution in [0.3, 0.4) is 0 Å². The predicted octanol–water partition coefficient (Wildman–Crippen LogP) is 2.16. The minimum atomic E-state index is -0.802. The third-order valence-corrected chi connectivity index (χ3v) is 4.05. The highest BCUT2D eigenvalue weighted by atomic mass is 16.6. The summed E-state index contributed by atoms with van der Waals surface area (Å²) in [5.74, 6) is -0.802. The Hall–Kier alpha value is -2.62. The van der Waals surface area contributed by atoms with E-state index < -0.39 is 16.3 Å². The van der Waals surface area contributed by atoms with Crippen molar-refractivity contribution in [3.63, 3.8) is 0 Å². The number of rotatable bonds is 3. The molecule has 1 saturated heterocycles. The lowest BCUT2D eigenvalue weighted by Crippen LogP contribution is -2.42. The van der Waals surface area contributed by atoms with E-state index in [0.717, 1.165) is 0 Å². The van der Waals surface area contributed by atoms with Gasteiger partial charge >= 0.3 is 5.97 Å². The number of anilines is 1. The van der Waals surface area contributed by atoms with Gasteiger partial charge in [-0.05, 0) is 31.9 Å². The van der Waals surface area contributed by atoms with Gasteiger partial charge in [-0.2, -0.15) is 5.26 Å². The number of nitriles is 1. The molecule has 1 aliphatic heterocycles. The van der Waals surface area contributed by atoms with Crippen LogP contribution in [0.1, 0.15) is 25.3 Å². The number of nitro groups is 1. The second-order valence-corrected chi connectivity index (χ2v) is 5.42. The van der Waals surface area contributed by atoms with Crippen molar-refractivity contribution in [2.75, 3.05) is 18.0 Å². The Morgan fingerprint density at radius 2 is 2.10 bits per heavy atom. The molecule has 0 amide bonds. The zero-order chi connectivity index (χ0) is 15.6. The highest BCUT2D eigenvalue weighted by molar-refractivity contribution is 5.74. The van der Waals surface area contributed by atoms with E-state index in [4.69, 9.17) is 5.26 Å². The largest absolute Gasteiger partial charge is 0.481 e. The van der Waals surface area contributed by atoms with E-state index in [9.17, 15) is 20.0 Å². The Kier molecular flexibility index (Phi) is 3.80. The Balaban J connectivity index is 2.20. The second-order valence-electron chi connectivity index (χ2n) is 5.42. The first-order valence-electron chi connectivity index (χ1n) is 6.54. The Labute approximate surface area is 121 Å². The van der Waals surface area contributed by atoms with Gasteiger partial charge in [-0.1, -0.05) is 0 Å². The summed E-state index contributed by atoms with van der Waals surface area (Å²) in [5, 5.41) is 29.0. The molecule has 0 aromatic heterocycles. The van der Waals surface area contributed by atoms with Gasteiger partial charge < -0.3 is 10.0 Å². The summed E-state index contributed by atoms with van der Waals surface area (Å²) < 4.78 is 0.